The normalized spacial score (nSPS) is 22.7. The third kappa shape index (κ3) is 3.44. The van der Waals surface area contributed by atoms with Gasteiger partial charge in [0.2, 0.25) is 25.1 Å². The van der Waals surface area contributed by atoms with Gasteiger partial charge in [-0.15, -0.1) is 0 Å². The zero-order valence-corrected chi connectivity index (χ0v) is 19.5. The molecule has 0 aromatic heterocycles. The number of cyclic esters (lactones) is 1. The molecule has 0 amide bonds. The van der Waals surface area contributed by atoms with Crippen molar-refractivity contribution in [1.82, 2.24) is 0 Å². The molecule has 9 nitrogen and oxygen atoms in total. The van der Waals surface area contributed by atoms with E-state index in [1.165, 1.54) is 14.2 Å². The number of rotatable bonds is 6. The van der Waals surface area contributed by atoms with Crippen LogP contribution in [0.25, 0.3) is 5.57 Å². The smallest absolute Gasteiger partial charge is 0.341 e. The van der Waals surface area contributed by atoms with E-state index >= 15 is 0 Å². The Balaban J connectivity index is 1.53. The Morgan fingerprint density at radius 3 is 2.20 bits per heavy atom. The molecule has 2 aromatic carbocycles. The molecule has 184 valence electrons. The van der Waals surface area contributed by atoms with Crippen LogP contribution >= 0.6 is 0 Å². The van der Waals surface area contributed by atoms with Crippen molar-refractivity contribution in [3.05, 3.63) is 41.0 Å². The number of carbonyl (C=O) groups is 1. The lowest BCUT2D eigenvalue weighted by molar-refractivity contribution is -0.185. The number of aliphatic hydroxyl groups is 1. The van der Waals surface area contributed by atoms with Gasteiger partial charge >= 0.3 is 5.97 Å². The summed E-state index contributed by atoms with van der Waals surface area (Å²) in [5.41, 5.74) is 1.67. The Kier molecular flexibility index (Phi) is 5.17. The molecule has 9 heteroatoms. The van der Waals surface area contributed by atoms with E-state index < -0.39 is 11.8 Å². The molecule has 3 aliphatic heterocycles. The quantitative estimate of drug-likeness (QED) is 0.614. The molecule has 0 radical (unpaired) electrons. The molecular weight excluding hydrogens is 456 g/mol. The highest BCUT2D eigenvalue weighted by atomic mass is 16.7. The van der Waals surface area contributed by atoms with Gasteiger partial charge in [-0.1, -0.05) is 25.7 Å². The van der Waals surface area contributed by atoms with E-state index in [1.54, 1.807) is 24.3 Å². The second-order valence-electron chi connectivity index (χ2n) is 9.07. The number of fused-ring (bicyclic) bond motifs is 2. The third-order valence-corrected chi connectivity index (χ3v) is 7.12. The van der Waals surface area contributed by atoms with Crippen LogP contribution in [-0.4, -0.2) is 38.9 Å². The Morgan fingerprint density at radius 2 is 1.54 bits per heavy atom. The maximum absolute atomic E-state index is 13.4. The van der Waals surface area contributed by atoms with E-state index in [2.05, 4.69) is 0 Å². The van der Waals surface area contributed by atoms with Gasteiger partial charge in [-0.3, -0.25) is 0 Å². The molecule has 2 aromatic rings. The van der Waals surface area contributed by atoms with Gasteiger partial charge < -0.3 is 38.3 Å². The van der Waals surface area contributed by atoms with Gasteiger partial charge in [0.25, 0.3) is 5.79 Å². The van der Waals surface area contributed by atoms with Crippen molar-refractivity contribution in [2.45, 2.75) is 37.9 Å². The molecule has 1 unspecified atom stereocenters. The summed E-state index contributed by atoms with van der Waals surface area (Å²) in [6.45, 7) is 0.106. The van der Waals surface area contributed by atoms with Gasteiger partial charge in [0.1, 0.15) is 0 Å². The minimum absolute atomic E-state index is 0.0420. The van der Waals surface area contributed by atoms with Crippen LogP contribution in [-0.2, 0) is 15.3 Å². The molecule has 1 N–H and O–H groups in total. The number of benzene rings is 2. The minimum atomic E-state index is -1.99. The fraction of sp³-hybridized carbons (Fsp3) is 0.423. The Bertz CT molecular complexity index is 1230. The zero-order valence-electron chi connectivity index (χ0n) is 19.5. The van der Waals surface area contributed by atoms with Crippen molar-refractivity contribution < 1.29 is 43.1 Å². The van der Waals surface area contributed by atoms with Gasteiger partial charge in [-0.25, -0.2) is 4.79 Å². The molecular formula is C26H26O9. The summed E-state index contributed by atoms with van der Waals surface area (Å²) >= 11 is 0. The number of methoxy groups -OCH3 is 2. The standard InChI is InChI=1S/C26H26O9/c1-29-18-8-15(9-20-23(18)33-12-31-20)22-17(7-14-5-3-4-6-14)26(28,35-25(22)27)16-10-19(30-2)24-21(11-16)32-13-34-24/h8-11,14,28H,3-7,12-13H2,1-2H3. The Labute approximate surface area is 202 Å². The average Bonchev–Trinajstić information content (AvgIpc) is 3.65. The maximum Gasteiger partial charge on any atom is 0.341 e. The molecule has 6 rings (SSSR count). The third-order valence-electron chi connectivity index (χ3n) is 7.12. The van der Waals surface area contributed by atoms with Crippen LogP contribution in [0.2, 0.25) is 0 Å². The van der Waals surface area contributed by atoms with Gasteiger partial charge in [0.05, 0.1) is 19.8 Å². The molecule has 1 aliphatic carbocycles. The van der Waals surface area contributed by atoms with Crippen molar-refractivity contribution >= 4 is 11.5 Å². The summed E-state index contributed by atoms with van der Waals surface area (Å²) in [4.78, 5) is 13.4. The maximum atomic E-state index is 13.4. The summed E-state index contributed by atoms with van der Waals surface area (Å²) in [6, 6.07) is 6.70. The zero-order chi connectivity index (χ0) is 24.2. The van der Waals surface area contributed by atoms with Crippen molar-refractivity contribution in [1.29, 1.82) is 0 Å². The van der Waals surface area contributed by atoms with Gasteiger partial charge in [-0.05, 0) is 42.2 Å². The molecule has 3 heterocycles. The van der Waals surface area contributed by atoms with Gasteiger partial charge in [-0.2, -0.15) is 0 Å². The highest BCUT2D eigenvalue weighted by molar-refractivity contribution is 6.20. The molecule has 0 spiro atoms. The van der Waals surface area contributed by atoms with Crippen molar-refractivity contribution in [3.8, 4) is 34.5 Å². The number of carbonyl (C=O) groups excluding carboxylic acids is 1. The van der Waals surface area contributed by atoms with Crippen LogP contribution in [0, 0.1) is 5.92 Å². The van der Waals surface area contributed by atoms with Crippen LogP contribution < -0.4 is 28.4 Å². The van der Waals surface area contributed by atoms with Crippen LogP contribution in [0.4, 0.5) is 0 Å². The predicted octanol–water partition coefficient (Wildman–Crippen LogP) is 3.90. The lowest BCUT2D eigenvalue weighted by atomic mass is 9.85. The highest BCUT2D eigenvalue weighted by Crippen LogP contribution is 2.53. The van der Waals surface area contributed by atoms with E-state index in [9.17, 15) is 9.90 Å². The fourth-order valence-corrected chi connectivity index (χ4v) is 5.41. The van der Waals surface area contributed by atoms with E-state index in [4.69, 9.17) is 33.2 Å². The first kappa shape index (κ1) is 21.9. The summed E-state index contributed by atoms with van der Waals surface area (Å²) in [5.74, 6) is 0.358. The first-order chi connectivity index (χ1) is 17.0. The number of esters is 1. The fourth-order valence-electron chi connectivity index (χ4n) is 5.41. The largest absolute Gasteiger partial charge is 0.493 e. The van der Waals surface area contributed by atoms with Gasteiger partial charge in [0.15, 0.2) is 23.0 Å². The highest BCUT2D eigenvalue weighted by Gasteiger charge is 2.50. The number of hydrogen-bond acceptors (Lipinski definition) is 9. The average molecular weight is 482 g/mol. The topological polar surface area (TPSA) is 102 Å². The molecule has 1 atom stereocenters. The van der Waals surface area contributed by atoms with Crippen molar-refractivity contribution in [2.75, 3.05) is 27.8 Å². The van der Waals surface area contributed by atoms with Gasteiger partial charge in [0, 0.05) is 11.1 Å². The van der Waals surface area contributed by atoms with E-state index in [0.717, 1.165) is 25.7 Å². The van der Waals surface area contributed by atoms with E-state index in [0.29, 0.717) is 69.1 Å². The molecule has 35 heavy (non-hydrogen) atoms. The minimum Gasteiger partial charge on any atom is -0.493 e. The molecule has 1 saturated carbocycles. The molecule has 0 bridgehead atoms. The summed E-state index contributed by atoms with van der Waals surface area (Å²) in [5, 5.41) is 12.0. The summed E-state index contributed by atoms with van der Waals surface area (Å²) in [7, 11) is 3.03. The van der Waals surface area contributed by atoms with E-state index in [1.807, 2.05) is 0 Å². The van der Waals surface area contributed by atoms with Crippen molar-refractivity contribution in [3.63, 3.8) is 0 Å². The Morgan fingerprint density at radius 1 is 0.914 bits per heavy atom. The summed E-state index contributed by atoms with van der Waals surface area (Å²) in [6.07, 6.45) is 4.80. The second kappa shape index (κ2) is 8.27. The first-order valence-corrected chi connectivity index (χ1v) is 11.7. The SMILES string of the molecule is COc1cc(C2=C(CC3CCCC3)C(O)(c3cc(OC)c4c(c3)OCO4)OC2=O)cc2c1OCO2. The lowest BCUT2D eigenvalue weighted by Crippen LogP contribution is -2.29. The van der Waals surface area contributed by atoms with Crippen LogP contribution in [0.15, 0.2) is 29.8 Å². The van der Waals surface area contributed by atoms with E-state index in [-0.39, 0.29) is 13.6 Å². The lowest BCUT2D eigenvalue weighted by Gasteiger charge is -2.27. The Hall–Kier alpha value is -3.59. The molecule has 1 fully saturated rings. The first-order valence-electron chi connectivity index (χ1n) is 11.7. The molecule has 0 saturated heterocycles. The number of ether oxygens (including phenoxy) is 7. The van der Waals surface area contributed by atoms with Crippen LogP contribution in [0.5, 0.6) is 34.5 Å². The van der Waals surface area contributed by atoms with Crippen LogP contribution in [0.3, 0.4) is 0 Å². The predicted molar refractivity (Wildman–Crippen MR) is 122 cm³/mol. The molecule has 4 aliphatic rings. The monoisotopic (exact) mass is 482 g/mol. The second-order valence-corrected chi connectivity index (χ2v) is 9.07. The van der Waals surface area contributed by atoms with Crippen molar-refractivity contribution in [2.24, 2.45) is 5.92 Å². The van der Waals surface area contributed by atoms with Crippen LogP contribution in [0.1, 0.15) is 43.2 Å². The number of hydrogen-bond donors (Lipinski definition) is 1. The summed E-state index contributed by atoms with van der Waals surface area (Å²) < 4.78 is 38.9.